The van der Waals surface area contributed by atoms with E-state index < -0.39 is 11.8 Å². The number of hydrogen-bond donors (Lipinski definition) is 2. The first kappa shape index (κ1) is 19.3. The van der Waals surface area contributed by atoms with Crippen LogP contribution in [-0.2, 0) is 0 Å². The number of amides is 2. The minimum absolute atomic E-state index is 0.0597. The molecule has 2 amide bonds. The Morgan fingerprint density at radius 3 is 1.63 bits per heavy atom. The molecule has 0 saturated heterocycles. The zero-order valence-corrected chi connectivity index (χ0v) is 16.5. The van der Waals surface area contributed by atoms with Crippen molar-refractivity contribution in [3.63, 3.8) is 0 Å². The number of nitrogens with one attached hydrogen (secondary N) is 2. The van der Waals surface area contributed by atoms with Gasteiger partial charge in [-0.1, -0.05) is 23.2 Å². The molecule has 0 spiro atoms. The van der Waals surface area contributed by atoms with E-state index in [1.807, 2.05) is 0 Å². The molecule has 3 rings (SSSR count). The molecule has 0 aliphatic heterocycles. The van der Waals surface area contributed by atoms with E-state index in [0.717, 1.165) is 9.75 Å². The Bertz CT molecular complexity index is 944. The fourth-order valence-electron chi connectivity index (χ4n) is 1.80. The molecule has 0 aromatic carbocycles. The largest absolute Gasteiger partial charge is 0.446 e. The van der Waals surface area contributed by atoms with Gasteiger partial charge in [0.1, 0.15) is 0 Å². The topological polar surface area (TPSA) is 96.1 Å². The average Bonchev–Trinajstić information content (AvgIpc) is 3.36. The lowest BCUT2D eigenvalue weighted by Gasteiger charge is -1.96. The van der Waals surface area contributed by atoms with E-state index in [0.29, 0.717) is 8.67 Å². The lowest BCUT2D eigenvalue weighted by Crippen LogP contribution is -2.18. The van der Waals surface area contributed by atoms with E-state index in [2.05, 4.69) is 21.1 Å². The van der Waals surface area contributed by atoms with Crippen molar-refractivity contribution in [2.24, 2.45) is 10.2 Å². The van der Waals surface area contributed by atoms with Crippen LogP contribution >= 0.6 is 45.9 Å². The number of hydrogen-bond acceptors (Lipinski definition) is 7. The fraction of sp³-hybridized carbons (Fsp3) is 0. The van der Waals surface area contributed by atoms with E-state index in [1.165, 1.54) is 47.2 Å². The van der Waals surface area contributed by atoms with Crippen molar-refractivity contribution in [2.75, 3.05) is 0 Å². The van der Waals surface area contributed by atoms with Gasteiger partial charge >= 0.3 is 11.8 Å². The third kappa shape index (κ3) is 5.51. The Hall–Kier alpha value is -2.46. The summed E-state index contributed by atoms with van der Waals surface area (Å²) in [5.74, 6) is -1.31. The number of thiophene rings is 2. The number of halogens is 2. The molecule has 3 aromatic heterocycles. The van der Waals surface area contributed by atoms with E-state index in [-0.39, 0.29) is 11.5 Å². The van der Waals surface area contributed by atoms with Crippen LogP contribution in [0.25, 0.3) is 0 Å². The van der Waals surface area contributed by atoms with Crippen LogP contribution in [0.4, 0.5) is 0 Å². The Morgan fingerprint density at radius 1 is 0.815 bits per heavy atom. The SMILES string of the molecule is O=C(NN=Cc1ccc(Cl)s1)c1ccc(C(=O)NN=Cc2ccc(Cl)s2)o1. The van der Waals surface area contributed by atoms with Crippen molar-refractivity contribution >= 4 is 70.1 Å². The van der Waals surface area contributed by atoms with Gasteiger partial charge in [-0.25, -0.2) is 10.9 Å². The van der Waals surface area contributed by atoms with Crippen LogP contribution in [0.5, 0.6) is 0 Å². The second-order valence-electron chi connectivity index (χ2n) is 4.85. The van der Waals surface area contributed by atoms with E-state index in [9.17, 15) is 9.59 Å². The third-order valence-corrected chi connectivity index (χ3v) is 5.29. The van der Waals surface area contributed by atoms with Crippen LogP contribution in [0.1, 0.15) is 30.9 Å². The smallest absolute Gasteiger partial charge is 0.307 e. The Kier molecular flexibility index (Phi) is 6.40. The molecule has 0 atom stereocenters. The molecule has 7 nitrogen and oxygen atoms in total. The van der Waals surface area contributed by atoms with Gasteiger partial charge in [0, 0.05) is 9.75 Å². The highest BCUT2D eigenvalue weighted by atomic mass is 35.5. The Balaban J connectivity index is 1.53. The molecule has 11 heteroatoms. The highest BCUT2D eigenvalue weighted by Crippen LogP contribution is 2.20. The lowest BCUT2D eigenvalue weighted by molar-refractivity contribution is 0.0902. The van der Waals surface area contributed by atoms with Crippen LogP contribution in [-0.4, -0.2) is 24.2 Å². The standard InChI is InChI=1S/C16H10Cl2N4O3S2/c17-13-5-1-9(26-13)7-19-21-15(23)11-3-4-12(25-11)16(24)22-20-8-10-2-6-14(18)27-10/h1-8H,(H,21,23)(H,22,24). The molecule has 0 saturated carbocycles. The zero-order chi connectivity index (χ0) is 19.2. The van der Waals surface area contributed by atoms with Crippen molar-refractivity contribution in [3.8, 4) is 0 Å². The molecular formula is C16H10Cl2N4O3S2. The molecule has 0 aliphatic carbocycles. The Morgan fingerprint density at radius 2 is 1.26 bits per heavy atom. The van der Waals surface area contributed by atoms with Gasteiger partial charge in [-0.2, -0.15) is 10.2 Å². The number of carbonyl (C=O) groups is 2. The predicted octanol–water partition coefficient (Wildman–Crippen LogP) is 4.24. The third-order valence-electron chi connectivity index (χ3n) is 2.96. The zero-order valence-electron chi connectivity index (χ0n) is 13.3. The number of hydrazone groups is 2. The first-order valence-corrected chi connectivity index (χ1v) is 9.67. The average molecular weight is 441 g/mol. The van der Waals surface area contributed by atoms with Gasteiger partial charge in [-0.3, -0.25) is 9.59 Å². The summed E-state index contributed by atoms with van der Waals surface area (Å²) in [6.45, 7) is 0. The molecule has 0 unspecified atom stereocenters. The van der Waals surface area contributed by atoms with Gasteiger partial charge in [-0.15, -0.1) is 22.7 Å². The van der Waals surface area contributed by atoms with Crippen LogP contribution in [0.2, 0.25) is 8.67 Å². The maximum absolute atomic E-state index is 12.0. The van der Waals surface area contributed by atoms with Crippen molar-refractivity contribution in [1.29, 1.82) is 0 Å². The molecule has 138 valence electrons. The van der Waals surface area contributed by atoms with Gasteiger partial charge in [0.15, 0.2) is 11.5 Å². The molecule has 0 bridgehead atoms. The maximum Gasteiger partial charge on any atom is 0.307 e. The van der Waals surface area contributed by atoms with Crippen LogP contribution in [0.15, 0.2) is 51.0 Å². The van der Waals surface area contributed by atoms with Gasteiger partial charge in [0.25, 0.3) is 0 Å². The minimum Gasteiger partial charge on any atom is -0.446 e. The van der Waals surface area contributed by atoms with Crippen LogP contribution in [0, 0.1) is 0 Å². The van der Waals surface area contributed by atoms with E-state index >= 15 is 0 Å². The molecule has 3 heterocycles. The van der Waals surface area contributed by atoms with Gasteiger partial charge in [-0.05, 0) is 36.4 Å². The highest BCUT2D eigenvalue weighted by molar-refractivity contribution is 7.18. The van der Waals surface area contributed by atoms with Crippen molar-refractivity contribution in [1.82, 2.24) is 10.9 Å². The predicted molar refractivity (Wildman–Crippen MR) is 107 cm³/mol. The maximum atomic E-state index is 12.0. The summed E-state index contributed by atoms with van der Waals surface area (Å²) < 4.78 is 6.45. The molecule has 0 aliphatic rings. The fourth-order valence-corrected chi connectivity index (χ4v) is 3.66. The van der Waals surface area contributed by atoms with Gasteiger partial charge < -0.3 is 4.42 Å². The normalized spacial score (nSPS) is 11.3. The minimum atomic E-state index is -0.593. The Labute approximate surface area is 171 Å². The highest BCUT2D eigenvalue weighted by Gasteiger charge is 2.15. The van der Waals surface area contributed by atoms with Crippen molar-refractivity contribution in [2.45, 2.75) is 0 Å². The summed E-state index contributed by atoms with van der Waals surface area (Å²) in [4.78, 5) is 25.5. The summed E-state index contributed by atoms with van der Waals surface area (Å²) in [7, 11) is 0. The first-order chi connectivity index (χ1) is 13.0. The molecule has 2 N–H and O–H groups in total. The summed E-state index contributed by atoms with van der Waals surface area (Å²) in [5, 5.41) is 7.61. The summed E-state index contributed by atoms with van der Waals surface area (Å²) in [6.07, 6.45) is 2.91. The van der Waals surface area contributed by atoms with E-state index in [4.69, 9.17) is 27.6 Å². The summed E-state index contributed by atoms with van der Waals surface area (Å²) in [5.41, 5.74) is 4.61. The molecular weight excluding hydrogens is 431 g/mol. The van der Waals surface area contributed by atoms with Crippen LogP contribution in [0.3, 0.4) is 0 Å². The lowest BCUT2D eigenvalue weighted by atomic mass is 10.4. The quantitative estimate of drug-likeness (QED) is 0.443. The van der Waals surface area contributed by atoms with Crippen molar-refractivity contribution in [3.05, 3.63) is 66.3 Å². The molecule has 3 aromatic rings. The van der Waals surface area contributed by atoms with Gasteiger partial charge in [0.05, 0.1) is 21.1 Å². The molecule has 0 fully saturated rings. The number of furan rings is 1. The number of rotatable bonds is 6. The second kappa shape index (κ2) is 8.96. The molecule has 0 radical (unpaired) electrons. The first-order valence-electron chi connectivity index (χ1n) is 7.28. The second-order valence-corrected chi connectivity index (χ2v) is 8.34. The number of carbonyl (C=O) groups excluding carboxylic acids is 2. The van der Waals surface area contributed by atoms with Gasteiger partial charge in [0.2, 0.25) is 0 Å². The monoisotopic (exact) mass is 440 g/mol. The summed E-state index contributed by atoms with van der Waals surface area (Å²) >= 11 is 14.2. The number of nitrogens with zero attached hydrogens (tertiary/aromatic N) is 2. The molecule has 27 heavy (non-hydrogen) atoms. The van der Waals surface area contributed by atoms with Crippen molar-refractivity contribution < 1.29 is 14.0 Å². The van der Waals surface area contributed by atoms with Crippen LogP contribution < -0.4 is 10.9 Å². The van der Waals surface area contributed by atoms with E-state index in [1.54, 1.807) is 24.3 Å². The summed E-state index contributed by atoms with van der Waals surface area (Å²) in [6, 6.07) is 9.71.